The van der Waals surface area contributed by atoms with Gasteiger partial charge >= 0.3 is 0 Å². The summed E-state index contributed by atoms with van der Waals surface area (Å²) < 4.78 is 0. The number of hydrogen-bond acceptors (Lipinski definition) is 3. The molecule has 1 aromatic carbocycles. The molecular weight excluding hydrogens is 262 g/mol. The first-order valence-electron chi connectivity index (χ1n) is 7.85. The molecule has 4 heteroatoms. The van der Waals surface area contributed by atoms with E-state index >= 15 is 0 Å². The first-order valence-corrected chi connectivity index (χ1v) is 7.85. The van der Waals surface area contributed by atoms with Crippen LogP contribution in [0.3, 0.4) is 0 Å². The van der Waals surface area contributed by atoms with Gasteiger partial charge in [0.05, 0.1) is 5.69 Å². The van der Waals surface area contributed by atoms with Crippen molar-refractivity contribution in [2.45, 2.75) is 54.4 Å². The van der Waals surface area contributed by atoms with E-state index in [1.165, 1.54) is 5.56 Å². The molecule has 0 unspecified atom stereocenters. The van der Waals surface area contributed by atoms with Crippen LogP contribution in [0.15, 0.2) is 23.3 Å². The van der Waals surface area contributed by atoms with Crippen LogP contribution in [-0.2, 0) is 4.79 Å². The highest BCUT2D eigenvalue weighted by Gasteiger charge is 2.15. The average Bonchev–Trinajstić information content (AvgIpc) is 2.53. The number of benzene rings is 1. The lowest BCUT2D eigenvalue weighted by Gasteiger charge is -2.14. The zero-order chi connectivity index (χ0) is 16.3. The monoisotopic (exact) mass is 291 g/mol. The van der Waals surface area contributed by atoms with Gasteiger partial charge in [-0.2, -0.15) is 5.10 Å². The van der Waals surface area contributed by atoms with Crippen LogP contribution in [0.4, 0.5) is 5.69 Å². The van der Waals surface area contributed by atoms with Gasteiger partial charge < -0.3 is 5.32 Å². The van der Waals surface area contributed by atoms with E-state index in [0.717, 1.165) is 30.6 Å². The summed E-state index contributed by atoms with van der Waals surface area (Å²) in [6.07, 6.45) is 1.70. The Morgan fingerprint density at radius 2 is 1.81 bits per heavy atom. The van der Waals surface area contributed by atoms with Gasteiger partial charge in [-0.05, 0) is 43.9 Å². The van der Waals surface area contributed by atoms with Gasteiger partial charge in [0.1, 0.15) is 5.71 Å². The highest BCUT2D eigenvalue weighted by molar-refractivity contribution is 6.39. The van der Waals surface area contributed by atoms with Gasteiger partial charge in [0, 0.05) is 6.54 Å². The minimum absolute atomic E-state index is 0.0611. The largest absolute Gasteiger partial charge is 0.351 e. The molecular formula is C17H29N3O. The zero-order valence-corrected chi connectivity index (χ0v) is 14.2. The molecule has 0 aliphatic carbocycles. The number of rotatable bonds is 2. The Bertz CT molecular complexity index is 467. The number of hydrogen-bond donors (Lipinski definition) is 2. The average molecular weight is 291 g/mol. The molecule has 0 saturated carbocycles. The molecule has 0 bridgehead atoms. The molecule has 118 valence electrons. The fraction of sp³-hybridized carbons (Fsp3) is 0.529. The summed E-state index contributed by atoms with van der Waals surface area (Å²) in [5, 5.41) is 6.98. The van der Waals surface area contributed by atoms with Crippen molar-refractivity contribution < 1.29 is 4.79 Å². The first kappa shape index (κ1) is 19.2. The number of nitrogens with zero attached hydrogens (tertiary/aromatic N) is 1. The maximum absolute atomic E-state index is 11.5. The third kappa shape index (κ3) is 6.43. The molecule has 21 heavy (non-hydrogen) atoms. The normalized spacial score (nSPS) is 15.1. The Kier molecular flexibility index (Phi) is 9.94. The predicted molar refractivity (Wildman–Crippen MR) is 91.9 cm³/mol. The van der Waals surface area contributed by atoms with Crippen LogP contribution in [0.25, 0.3) is 0 Å². The van der Waals surface area contributed by atoms with Crippen molar-refractivity contribution in [3.63, 3.8) is 0 Å². The Balaban J connectivity index is 0.000000921. The van der Waals surface area contributed by atoms with E-state index in [1.807, 2.05) is 53.7 Å². The molecule has 1 aliphatic rings. The van der Waals surface area contributed by atoms with Crippen LogP contribution >= 0.6 is 0 Å². The molecule has 0 spiro atoms. The number of piperidine rings is 1. The fourth-order valence-electron chi connectivity index (χ4n) is 1.76. The Morgan fingerprint density at radius 1 is 1.14 bits per heavy atom. The molecule has 0 aromatic heterocycles. The van der Waals surface area contributed by atoms with E-state index in [2.05, 4.69) is 21.9 Å². The number of amides is 1. The quantitative estimate of drug-likeness (QED) is 0.808. The second-order valence-corrected chi connectivity index (χ2v) is 4.35. The van der Waals surface area contributed by atoms with Gasteiger partial charge in [0.2, 0.25) is 0 Å². The molecule has 2 N–H and O–H groups in total. The molecule has 1 heterocycles. The van der Waals surface area contributed by atoms with E-state index in [-0.39, 0.29) is 5.91 Å². The van der Waals surface area contributed by atoms with Gasteiger partial charge in [-0.3, -0.25) is 10.2 Å². The summed E-state index contributed by atoms with van der Waals surface area (Å²) in [4.78, 5) is 11.5. The molecule has 0 atom stereocenters. The molecule has 1 fully saturated rings. The Morgan fingerprint density at radius 3 is 2.43 bits per heavy atom. The van der Waals surface area contributed by atoms with Crippen molar-refractivity contribution in [1.82, 2.24) is 5.32 Å². The van der Waals surface area contributed by atoms with Crippen molar-refractivity contribution >= 4 is 17.3 Å². The van der Waals surface area contributed by atoms with Crippen molar-refractivity contribution in [2.24, 2.45) is 5.10 Å². The van der Waals surface area contributed by atoms with E-state index in [1.54, 1.807) is 0 Å². The zero-order valence-electron chi connectivity index (χ0n) is 14.2. The van der Waals surface area contributed by atoms with Crippen LogP contribution < -0.4 is 10.7 Å². The minimum atomic E-state index is -0.0611. The van der Waals surface area contributed by atoms with Crippen molar-refractivity contribution in [3.8, 4) is 0 Å². The maximum atomic E-state index is 11.5. The topological polar surface area (TPSA) is 53.5 Å². The third-order valence-electron chi connectivity index (χ3n) is 2.84. The van der Waals surface area contributed by atoms with E-state index < -0.39 is 0 Å². The predicted octanol–water partition coefficient (Wildman–Crippen LogP) is 4.03. The van der Waals surface area contributed by atoms with Gasteiger partial charge in [0.25, 0.3) is 5.91 Å². The third-order valence-corrected chi connectivity index (χ3v) is 2.84. The number of aryl methyl sites for hydroxylation is 2. The lowest BCUT2D eigenvalue weighted by Crippen LogP contribution is -2.37. The highest BCUT2D eigenvalue weighted by Crippen LogP contribution is 2.16. The molecule has 2 rings (SSSR count). The van der Waals surface area contributed by atoms with Crippen molar-refractivity contribution in [2.75, 3.05) is 12.0 Å². The molecule has 1 aliphatic heterocycles. The van der Waals surface area contributed by atoms with Crippen LogP contribution in [0, 0.1) is 13.8 Å². The van der Waals surface area contributed by atoms with Gasteiger partial charge in [0.15, 0.2) is 0 Å². The standard InChI is InChI=1S/C13H17N3O.2C2H6/c1-9-5-6-10(2)12(8-9)16-15-11-4-3-7-14-13(11)17;2*1-2/h5-6,8,16H,3-4,7H2,1-2H3,(H,14,17);2*1-2H3/b15-11+;;. The summed E-state index contributed by atoms with van der Waals surface area (Å²) in [5.41, 5.74) is 6.81. The smallest absolute Gasteiger partial charge is 0.267 e. The minimum Gasteiger partial charge on any atom is -0.351 e. The lowest BCUT2D eigenvalue weighted by molar-refractivity contribution is -0.115. The van der Waals surface area contributed by atoms with Gasteiger partial charge in [-0.25, -0.2) is 0 Å². The van der Waals surface area contributed by atoms with Crippen LogP contribution in [-0.4, -0.2) is 18.2 Å². The first-order chi connectivity index (χ1) is 10.2. The maximum Gasteiger partial charge on any atom is 0.267 e. The van der Waals surface area contributed by atoms with E-state index in [0.29, 0.717) is 5.71 Å². The summed E-state index contributed by atoms with van der Waals surface area (Å²) >= 11 is 0. The number of anilines is 1. The van der Waals surface area contributed by atoms with E-state index in [4.69, 9.17) is 0 Å². The van der Waals surface area contributed by atoms with Gasteiger partial charge in [-0.15, -0.1) is 0 Å². The SMILES string of the molecule is CC.CC.Cc1ccc(C)c(N/N=C2\CCCNC2=O)c1. The van der Waals surface area contributed by atoms with Crippen molar-refractivity contribution in [1.29, 1.82) is 0 Å². The fourth-order valence-corrected chi connectivity index (χ4v) is 1.76. The summed E-state index contributed by atoms with van der Waals surface area (Å²) in [6.45, 7) is 12.8. The van der Waals surface area contributed by atoms with Crippen LogP contribution in [0.5, 0.6) is 0 Å². The second kappa shape index (κ2) is 10.9. The van der Waals surface area contributed by atoms with Crippen molar-refractivity contribution in [3.05, 3.63) is 29.3 Å². The number of nitrogens with one attached hydrogen (secondary N) is 2. The molecule has 1 aromatic rings. The van der Waals surface area contributed by atoms with E-state index in [9.17, 15) is 4.79 Å². The molecule has 1 amide bonds. The second-order valence-electron chi connectivity index (χ2n) is 4.35. The highest BCUT2D eigenvalue weighted by atomic mass is 16.2. The van der Waals surface area contributed by atoms with Gasteiger partial charge in [-0.1, -0.05) is 39.8 Å². The Hall–Kier alpha value is -1.84. The summed E-state index contributed by atoms with van der Waals surface area (Å²) in [6, 6.07) is 6.12. The number of hydrazone groups is 1. The summed E-state index contributed by atoms with van der Waals surface area (Å²) in [7, 11) is 0. The molecule has 4 nitrogen and oxygen atoms in total. The Labute approximate surface area is 129 Å². The number of carbonyl (C=O) groups is 1. The van der Waals surface area contributed by atoms with Crippen LogP contribution in [0.2, 0.25) is 0 Å². The molecule has 1 saturated heterocycles. The lowest BCUT2D eigenvalue weighted by atomic mass is 10.1. The number of carbonyl (C=O) groups excluding carboxylic acids is 1. The van der Waals surface area contributed by atoms with Crippen LogP contribution in [0.1, 0.15) is 51.7 Å². The summed E-state index contributed by atoms with van der Waals surface area (Å²) in [5.74, 6) is -0.0611. The molecule has 0 radical (unpaired) electrons.